The molecule has 0 fully saturated rings. The van der Waals surface area contributed by atoms with Gasteiger partial charge in [-0.1, -0.05) is 23.9 Å². The molecule has 156 valence electrons. The van der Waals surface area contributed by atoms with E-state index < -0.39 is 12.0 Å². The van der Waals surface area contributed by atoms with Crippen molar-refractivity contribution in [3.63, 3.8) is 0 Å². The van der Waals surface area contributed by atoms with Gasteiger partial charge in [0.25, 0.3) is 5.56 Å². The summed E-state index contributed by atoms with van der Waals surface area (Å²) in [5.41, 5.74) is 1.36. The number of esters is 1. The molecule has 2 N–H and O–H groups in total. The minimum Gasteiger partial charge on any atom is -0.463 e. The highest BCUT2D eigenvalue weighted by Gasteiger charge is 2.30. The van der Waals surface area contributed by atoms with Crippen LogP contribution in [-0.4, -0.2) is 49.6 Å². The van der Waals surface area contributed by atoms with Crippen LogP contribution in [0.25, 0.3) is 16.7 Å². The molecule has 10 nitrogen and oxygen atoms in total. The first-order valence-corrected chi connectivity index (χ1v) is 10.3. The van der Waals surface area contributed by atoms with Crippen molar-refractivity contribution in [2.45, 2.75) is 25.0 Å². The molecule has 0 saturated heterocycles. The second-order valence-corrected chi connectivity index (χ2v) is 7.66. The summed E-state index contributed by atoms with van der Waals surface area (Å²) in [6.07, 6.45) is 0. The Balaban J connectivity index is 1.76. The maximum atomic E-state index is 12.6. The number of urea groups is 1. The number of amides is 2. The zero-order valence-electron chi connectivity index (χ0n) is 16.6. The first kappa shape index (κ1) is 20.0. The van der Waals surface area contributed by atoms with Crippen LogP contribution in [0.2, 0.25) is 0 Å². The van der Waals surface area contributed by atoms with Gasteiger partial charge in [-0.15, -0.1) is 10.2 Å². The van der Waals surface area contributed by atoms with Gasteiger partial charge in [0.05, 0.1) is 29.1 Å². The van der Waals surface area contributed by atoms with Crippen molar-refractivity contribution >= 4 is 40.4 Å². The van der Waals surface area contributed by atoms with Gasteiger partial charge < -0.3 is 15.4 Å². The second-order valence-electron chi connectivity index (χ2n) is 6.72. The molecule has 0 saturated carbocycles. The van der Waals surface area contributed by atoms with E-state index in [9.17, 15) is 14.4 Å². The van der Waals surface area contributed by atoms with Crippen LogP contribution >= 0.6 is 11.8 Å². The fourth-order valence-corrected chi connectivity index (χ4v) is 4.34. The van der Waals surface area contributed by atoms with Crippen molar-refractivity contribution in [1.82, 2.24) is 29.8 Å². The maximum Gasteiger partial charge on any atom is 0.337 e. The number of hydrogen-bond donors (Lipinski definition) is 2. The fraction of sp³-hybridized carbons (Fsp3) is 0.316. The van der Waals surface area contributed by atoms with E-state index in [2.05, 4.69) is 20.8 Å². The van der Waals surface area contributed by atoms with E-state index in [4.69, 9.17) is 4.74 Å². The molecule has 11 heteroatoms. The van der Waals surface area contributed by atoms with Crippen molar-refractivity contribution in [3.05, 3.63) is 45.9 Å². The predicted octanol–water partition coefficient (Wildman–Crippen LogP) is 1.19. The fourth-order valence-electron chi connectivity index (χ4n) is 3.43. The van der Waals surface area contributed by atoms with Crippen molar-refractivity contribution in [2.24, 2.45) is 7.05 Å². The number of thioether (sulfide) groups is 1. The standard InChI is InChI=1S/C19H20N6O4S/c1-4-29-16(27)14-10(2)20-17(28)21-12(14)9-30-19-23-22-18-24(3)15(26)11-7-5-6-8-13(11)25(18)19/h5-8,10H,4,9H2,1-3H3,(H2,20,21,28). The van der Waals surface area contributed by atoms with Crippen molar-refractivity contribution in [3.8, 4) is 0 Å². The second kappa shape index (κ2) is 7.82. The quantitative estimate of drug-likeness (QED) is 0.463. The lowest BCUT2D eigenvalue weighted by Crippen LogP contribution is -2.49. The number of hydrogen-bond acceptors (Lipinski definition) is 7. The first-order chi connectivity index (χ1) is 14.4. The number of para-hydroxylation sites is 1. The summed E-state index contributed by atoms with van der Waals surface area (Å²) < 4.78 is 8.37. The Kier molecular flexibility index (Phi) is 5.20. The Bertz CT molecular complexity index is 1260. The van der Waals surface area contributed by atoms with Crippen LogP contribution in [0.4, 0.5) is 4.79 Å². The van der Waals surface area contributed by atoms with Crippen LogP contribution in [-0.2, 0) is 16.6 Å². The molecule has 1 atom stereocenters. The molecule has 4 rings (SSSR count). The molecule has 2 amide bonds. The molecule has 2 aromatic heterocycles. The van der Waals surface area contributed by atoms with Crippen LogP contribution in [0.5, 0.6) is 0 Å². The number of aryl methyl sites for hydroxylation is 1. The highest BCUT2D eigenvalue weighted by molar-refractivity contribution is 7.99. The average Bonchev–Trinajstić information content (AvgIpc) is 3.14. The highest BCUT2D eigenvalue weighted by Crippen LogP contribution is 2.25. The number of benzene rings is 1. The van der Waals surface area contributed by atoms with Gasteiger partial charge >= 0.3 is 12.0 Å². The van der Waals surface area contributed by atoms with E-state index in [0.717, 1.165) is 0 Å². The SMILES string of the molecule is CCOC(=O)C1=C(CSc2nnc3n(C)c(=O)c4ccccc4n23)NC(=O)NC1C. The molecule has 0 bridgehead atoms. The lowest BCUT2D eigenvalue weighted by atomic mass is 10.1. The number of nitrogens with one attached hydrogen (secondary N) is 2. The van der Waals surface area contributed by atoms with E-state index in [0.29, 0.717) is 33.1 Å². The number of carbonyl (C=O) groups is 2. The van der Waals surface area contributed by atoms with Gasteiger partial charge in [-0.3, -0.25) is 13.8 Å². The Morgan fingerprint density at radius 1 is 1.27 bits per heavy atom. The Morgan fingerprint density at radius 2 is 2.03 bits per heavy atom. The summed E-state index contributed by atoms with van der Waals surface area (Å²) in [7, 11) is 1.64. The monoisotopic (exact) mass is 428 g/mol. The van der Waals surface area contributed by atoms with Crippen LogP contribution in [0.15, 0.2) is 45.5 Å². The first-order valence-electron chi connectivity index (χ1n) is 9.35. The molecule has 0 radical (unpaired) electrons. The number of ether oxygens (including phenoxy) is 1. The summed E-state index contributed by atoms with van der Waals surface area (Å²) in [5.74, 6) is 0.194. The normalized spacial score (nSPS) is 16.6. The van der Waals surface area contributed by atoms with E-state index >= 15 is 0 Å². The Labute approximate surface area is 175 Å². The lowest BCUT2D eigenvalue weighted by molar-refractivity contribution is -0.138. The summed E-state index contributed by atoms with van der Waals surface area (Å²) in [6, 6.07) is 6.35. The molecule has 1 aromatic carbocycles. The molecular formula is C19H20N6O4S. The van der Waals surface area contributed by atoms with E-state index in [-0.39, 0.29) is 24.0 Å². The lowest BCUT2D eigenvalue weighted by Gasteiger charge is -2.26. The van der Waals surface area contributed by atoms with Crippen molar-refractivity contribution in [2.75, 3.05) is 12.4 Å². The van der Waals surface area contributed by atoms with Gasteiger partial charge in [0, 0.05) is 18.5 Å². The molecule has 3 aromatic rings. The van der Waals surface area contributed by atoms with Crippen LogP contribution < -0.4 is 16.2 Å². The zero-order valence-corrected chi connectivity index (χ0v) is 17.4. The van der Waals surface area contributed by atoms with E-state index in [1.54, 1.807) is 37.4 Å². The molecule has 3 heterocycles. The number of nitrogens with zero attached hydrogens (tertiary/aromatic N) is 4. The summed E-state index contributed by atoms with van der Waals surface area (Å²) >= 11 is 1.30. The number of carbonyl (C=O) groups excluding carboxylic acids is 2. The smallest absolute Gasteiger partial charge is 0.337 e. The van der Waals surface area contributed by atoms with E-state index in [1.165, 1.54) is 16.3 Å². The molecular weight excluding hydrogens is 408 g/mol. The summed E-state index contributed by atoms with van der Waals surface area (Å²) in [6.45, 7) is 3.69. The Hall–Kier alpha value is -3.34. The van der Waals surface area contributed by atoms with Crippen LogP contribution in [0.1, 0.15) is 13.8 Å². The third kappa shape index (κ3) is 3.30. The number of fused-ring (bicyclic) bond motifs is 3. The molecule has 0 aliphatic carbocycles. The predicted molar refractivity (Wildman–Crippen MR) is 111 cm³/mol. The minimum absolute atomic E-state index is 0.159. The van der Waals surface area contributed by atoms with Gasteiger partial charge in [0.15, 0.2) is 5.16 Å². The molecule has 1 unspecified atom stereocenters. The van der Waals surface area contributed by atoms with Crippen molar-refractivity contribution < 1.29 is 14.3 Å². The minimum atomic E-state index is -0.481. The van der Waals surface area contributed by atoms with Crippen LogP contribution in [0, 0.1) is 0 Å². The summed E-state index contributed by atoms with van der Waals surface area (Å²) in [4.78, 5) is 36.9. The van der Waals surface area contributed by atoms with Gasteiger partial charge in [-0.2, -0.15) is 0 Å². The summed E-state index contributed by atoms with van der Waals surface area (Å²) in [5, 5.41) is 14.8. The number of rotatable bonds is 5. The largest absolute Gasteiger partial charge is 0.463 e. The Morgan fingerprint density at radius 3 is 2.80 bits per heavy atom. The zero-order chi connectivity index (χ0) is 21.4. The van der Waals surface area contributed by atoms with Gasteiger partial charge in [0.1, 0.15) is 0 Å². The van der Waals surface area contributed by atoms with Crippen molar-refractivity contribution in [1.29, 1.82) is 0 Å². The molecule has 1 aliphatic heterocycles. The number of aromatic nitrogens is 4. The third-order valence-corrected chi connectivity index (χ3v) is 5.76. The molecule has 0 spiro atoms. The maximum absolute atomic E-state index is 12.6. The third-order valence-electron chi connectivity index (χ3n) is 4.81. The molecule has 1 aliphatic rings. The van der Waals surface area contributed by atoms with E-state index in [1.807, 2.05) is 12.1 Å². The van der Waals surface area contributed by atoms with Gasteiger partial charge in [0.2, 0.25) is 5.78 Å². The highest BCUT2D eigenvalue weighted by atomic mass is 32.2. The topological polar surface area (TPSA) is 120 Å². The van der Waals surface area contributed by atoms with Crippen LogP contribution in [0.3, 0.4) is 0 Å². The van der Waals surface area contributed by atoms with Gasteiger partial charge in [-0.25, -0.2) is 9.59 Å². The molecule has 30 heavy (non-hydrogen) atoms. The van der Waals surface area contributed by atoms with Gasteiger partial charge in [-0.05, 0) is 26.0 Å². The average molecular weight is 428 g/mol.